The molecule has 2 aromatic heterocycles. The molecule has 5 nitrogen and oxygen atoms in total. The van der Waals surface area contributed by atoms with Gasteiger partial charge in [-0.2, -0.15) is 0 Å². The van der Waals surface area contributed by atoms with Crippen molar-refractivity contribution in [3.8, 4) is 17.0 Å². The van der Waals surface area contributed by atoms with Crippen LogP contribution in [0.1, 0.15) is 12.0 Å². The summed E-state index contributed by atoms with van der Waals surface area (Å²) in [6.07, 6.45) is 2.51. The Morgan fingerprint density at radius 1 is 1.33 bits per heavy atom. The van der Waals surface area contributed by atoms with Gasteiger partial charge in [0.25, 0.3) is 0 Å². The van der Waals surface area contributed by atoms with Crippen LogP contribution in [-0.4, -0.2) is 29.2 Å². The summed E-state index contributed by atoms with van der Waals surface area (Å²) in [5.41, 5.74) is 2.71. The zero-order chi connectivity index (χ0) is 19.1. The summed E-state index contributed by atoms with van der Waals surface area (Å²) in [5.74, 6) is -0.0356. The zero-order valence-corrected chi connectivity index (χ0v) is 15.5. The first-order valence-corrected chi connectivity index (χ1v) is 8.90. The molecule has 0 saturated heterocycles. The van der Waals surface area contributed by atoms with E-state index < -0.39 is 12.1 Å². The Balaban J connectivity index is 1.77. The number of hydrogen-bond donors (Lipinski definition) is 1. The second-order valence-electron chi connectivity index (χ2n) is 6.61. The second-order valence-corrected chi connectivity index (χ2v) is 7.02. The number of carbonyl (C=O) groups is 1. The van der Waals surface area contributed by atoms with E-state index in [-0.39, 0.29) is 12.3 Å². The van der Waals surface area contributed by atoms with Crippen LogP contribution in [0.4, 0.5) is 10.2 Å². The first-order valence-electron chi connectivity index (χ1n) is 8.52. The Labute approximate surface area is 160 Å². The third-order valence-electron chi connectivity index (χ3n) is 4.69. The van der Waals surface area contributed by atoms with E-state index >= 15 is 0 Å². The van der Waals surface area contributed by atoms with E-state index in [4.69, 9.17) is 16.3 Å². The Morgan fingerprint density at radius 2 is 2.11 bits per heavy atom. The van der Waals surface area contributed by atoms with Gasteiger partial charge in [0.2, 0.25) is 11.8 Å². The number of halogens is 2. The van der Waals surface area contributed by atoms with E-state index in [2.05, 4.69) is 15.3 Å². The molecule has 1 saturated carbocycles. The van der Waals surface area contributed by atoms with Crippen LogP contribution in [0.3, 0.4) is 0 Å². The van der Waals surface area contributed by atoms with E-state index in [1.54, 1.807) is 25.6 Å². The number of anilines is 1. The second kappa shape index (κ2) is 6.78. The van der Waals surface area contributed by atoms with Gasteiger partial charge in [0, 0.05) is 23.3 Å². The van der Waals surface area contributed by atoms with Crippen molar-refractivity contribution in [1.82, 2.24) is 9.97 Å². The van der Waals surface area contributed by atoms with Crippen molar-refractivity contribution in [1.29, 1.82) is 0 Å². The van der Waals surface area contributed by atoms with Crippen LogP contribution in [0.5, 0.6) is 5.88 Å². The maximum absolute atomic E-state index is 13.1. The van der Waals surface area contributed by atoms with Gasteiger partial charge >= 0.3 is 0 Å². The summed E-state index contributed by atoms with van der Waals surface area (Å²) >= 11 is 6.46. The number of nitrogens with one attached hydrogen (secondary N) is 1. The molecule has 7 heteroatoms. The fraction of sp³-hybridized carbons (Fsp3) is 0.250. The van der Waals surface area contributed by atoms with Crippen LogP contribution in [0.15, 0.2) is 36.7 Å². The first-order chi connectivity index (χ1) is 13.0. The molecule has 0 bridgehead atoms. The molecule has 0 spiro atoms. The predicted molar refractivity (Wildman–Crippen MR) is 103 cm³/mol. The number of rotatable bonds is 4. The molecule has 1 aromatic carbocycles. The molecule has 0 aliphatic heterocycles. The quantitative estimate of drug-likeness (QED) is 0.714. The number of amides is 1. The average molecular weight is 386 g/mol. The number of nitrogens with zero attached hydrogens (tertiary/aromatic N) is 2. The van der Waals surface area contributed by atoms with E-state index in [0.29, 0.717) is 16.7 Å². The molecule has 1 amide bonds. The molecule has 2 atom stereocenters. The molecule has 0 unspecified atom stereocenters. The molecular formula is C20H17ClFN3O2. The van der Waals surface area contributed by atoms with Gasteiger partial charge in [0.1, 0.15) is 12.0 Å². The first kappa shape index (κ1) is 17.7. The molecule has 1 fully saturated rings. The zero-order valence-electron chi connectivity index (χ0n) is 14.8. The lowest BCUT2D eigenvalue weighted by Crippen LogP contribution is -2.15. The smallest absolute Gasteiger partial charge is 0.231 e. The van der Waals surface area contributed by atoms with Gasteiger partial charge in [-0.15, -0.1) is 0 Å². The molecule has 3 aromatic rings. The van der Waals surface area contributed by atoms with Crippen LogP contribution < -0.4 is 10.1 Å². The minimum atomic E-state index is -1.05. The number of hydrogen-bond acceptors (Lipinski definition) is 4. The average Bonchev–Trinajstić information content (AvgIpc) is 3.38. The van der Waals surface area contributed by atoms with Gasteiger partial charge in [-0.05, 0) is 54.1 Å². The summed E-state index contributed by atoms with van der Waals surface area (Å²) in [6.45, 7) is 1.97. The highest BCUT2D eigenvalue weighted by Gasteiger charge is 2.43. The normalized spacial score (nSPS) is 18.4. The maximum atomic E-state index is 13.1. The molecule has 0 radical (unpaired) electrons. The summed E-state index contributed by atoms with van der Waals surface area (Å²) in [7, 11) is 1.57. The van der Waals surface area contributed by atoms with Crippen LogP contribution in [0, 0.1) is 12.8 Å². The van der Waals surface area contributed by atoms with Crippen LogP contribution in [-0.2, 0) is 4.79 Å². The third-order valence-corrected chi connectivity index (χ3v) is 5.01. The number of aryl methyl sites for hydroxylation is 1. The number of methoxy groups -OCH3 is 1. The van der Waals surface area contributed by atoms with Crippen molar-refractivity contribution in [2.75, 3.05) is 12.4 Å². The lowest BCUT2D eigenvalue weighted by Gasteiger charge is -2.13. The van der Waals surface area contributed by atoms with Gasteiger partial charge in [0.05, 0.1) is 18.1 Å². The van der Waals surface area contributed by atoms with Crippen molar-refractivity contribution in [2.45, 2.75) is 19.5 Å². The molecule has 138 valence electrons. The van der Waals surface area contributed by atoms with Crippen LogP contribution in [0.25, 0.3) is 21.9 Å². The highest BCUT2D eigenvalue weighted by Crippen LogP contribution is 2.37. The van der Waals surface area contributed by atoms with E-state index in [1.165, 1.54) is 0 Å². The van der Waals surface area contributed by atoms with E-state index in [1.807, 2.05) is 25.1 Å². The predicted octanol–water partition coefficient (Wildman–Crippen LogP) is 4.56. The largest absolute Gasteiger partial charge is 0.481 e. The molecule has 1 N–H and O–H groups in total. The van der Waals surface area contributed by atoms with Crippen molar-refractivity contribution in [2.24, 2.45) is 5.92 Å². The van der Waals surface area contributed by atoms with Crippen LogP contribution >= 0.6 is 11.6 Å². The van der Waals surface area contributed by atoms with Gasteiger partial charge in [-0.25, -0.2) is 14.4 Å². The lowest BCUT2D eigenvalue weighted by atomic mass is 9.99. The molecule has 4 rings (SSSR count). The number of alkyl halides is 1. The standard InChI is InChI=1S/C20H17ClFN3O2/c1-10-3-4-23-20(27-2)18(10)12-5-11-7-17(24-9-14(11)15(21)6-12)25-19(26)13-8-16(13)22/h3-7,9,13,16H,8H2,1-2H3,(H,24,25,26)/t13-,16+/m0/s1. The highest BCUT2D eigenvalue weighted by molar-refractivity contribution is 6.36. The molecule has 1 aliphatic rings. The number of fused-ring (bicyclic) bond motifs is 1. The highest BCUT2D eigenvalue weighted by atomic mass is 35.5. The Morgan fingerprint density at radius 3 is 2.81 bits per heavy atom. The summed E-state index contributed by atoms with van der Waals surface area (Å²) in [6, 6.07) is 7.42. The third kappa shape index (κ3) is 3.32. The minimum absolute atomic E-state index is 0.273. The fourth-order valence-corrected chi connectivity index (χ4v) is 3.40. The minimum Gasteiger partial charge on any atom is -0.481 e. The Hall–Kier alpha value is -2.73. The Bertz CT molecular complexity index is 1060. The van der Waals surface area contributed by atoms with Gasteiger partial charge < -0.3 is 10.1 Å². The number of pyridine rings is 2. The van der Waals surface area contributed by atoms with Crippen LogP contribution in [0.2, 0.25) is 5.02 Å². The summed E-state index contributed by atoms with van der Waals surface area (Å²) in [4.78, 5) is 20.4. The van der Waals surface area contributed by atoms with Gasteiger partial charge in [-0.3, -0.25) is 4.79 Å². The van der Waals surface area contributed by atoms with Gasteiger partial charge in [0.15, 0.2) is 0 Å². The number of ether oxygens (including phenoxy) is 1. The number of benzene rings is 1. The molecule has 1 aliphatic carbocycles. The number of carbonyl (C=O) groups excluding carboxylic acids is 1. The monoisotopic (exact) mass is 385 g/mol. The van der Waals surface area contributed by atoms with Crippen molar-refractivity contribution >= 4 is 34.1 Å². The lowest BCUT2D eigenvalue weighted by molar-refractivity contribution is -0.117. The van der Waals surface area contributed by atoms with Crippen molar-refractivity contribution in [3.05, 3.63) is 47.2 Å². The van der Waals surface area contributed by atoms with E-state index in [0.717, 1.165) is 27.5 Å². The topological polar surface area (TPSA) is 64.1 Å². The van der Waals surface area contributed by atoms with Gasteiger partial charge in [-0.1, -0.05) is 11.6 Å². The SMILES string of the molecule is COc1nccc(C)c1-c1cc(Cl)c2cnc(NC(=O)[C@H]3C[C@H]3F)cc2c1. The molecule has 27 heavy (non-hydrogen) atoms. The van der Waals surface area contributed by atoms with Crippen molar-refractivity contribution in [3.63, 3.8) is 0 Å². The molecular weight excluding hydrogens is 369 g/mol. The molecule has 2 heterocycles. The summed E-state index contributed by atoms with van der Waals surface area (Å²) < 4.78 is 18.5. The van der Waals surface area contributed by atoms with E-state index in [9.17, 15) is 9.18 Å². The Kier molecular flexibility index (Phi) is 4.44. The fourth-order valence-electron chi connectivity index (χ4n) is 3.12. The maximum Gasteiger partial charge on any atom is 0.231 e. The van der Waals surface area contributed by atoms with Crippen molar-refractivity contribution < 1.29 is 13.9 Å². The summed E-state index contributed by atoms with van der Waals surface area (Å²) in [5, 5.41) is 4.76. The number of aromatic nitrogens is 2.